The van der Waals surface area contributed by atoms with Gasteiger partial charge in [-0.3, -0.25) is 18.6 Å². The Hall–Kier alpha value is -2.56. The number of aliphatic hydroxyl groups excluding tert-OH is 10. The zero-order chi connectivity index (χ0) is 71.1. The number of hydrogen-bond donors (Lipinski definition) is 11. The highest BCUT2D eigenvalue weighted by atomic mass is 31.2. The molecule has 3 fully saturated rings. The highest BCUT2D eigenvalue weighted by Gasteiger charge is 2.58. The molecular weight excluding hydrogens is 1280 g/mol. The largest absolute Gasteiger partial charge is 0.472 e. The fourth-order valence-corrected chi connectivity index (χ4v) is 13.4. The lowest BCUT2D eigenvalue weighted by molar-refractivity contribution is -0.360. The van der Waals surface area contributed by atoms with Gasteiger partial charge in [-0.1, -0.05) is 264 Å². The van der Waals surface area contributed by atoms with Crippen molar-refractivity contribution in [1.29, 1.82) is 0 Å². The average Bonchev–Trinajstić information content (AvgIpc) is 0.763. The summed E-state index contributed by atoms with van der Waals surface area (Å²) in [4.78, 5) is 50.8. The van der Waals surface area contributed by atoms with Gasteiger partial charge in [0, 0.05) is 18.9 Å². The molecule has 0 aromatic carbocycles. The maximum absolute atomic E-state index is 14.3. The van der Waals surface area contributed by atoms with Crippen LogP contribution in [0.2, 0.25) is 0 Å². The Morgan fingerprint density at radius 1 is 0.423 bits per heavy atom. The number of phosphoric ester groups is 1. The van der Waals surface area contributed by atoms with E-state index in [-0.39, 0.29) is 12.8 Å². The second kappa shape index (κ2) is 54.1. The van der Waals surface area contributed by atoms with Gasteiger partial charge in [-0.25, -0.2) is 9.36 Å². The van der Waals surface area contributed by atoms with Crippen molar-refractivity contribution in [2.24, 2.45) is 0 Å². The lowest BCUT2D eigenvalue weighted by Gasteiger charge is -2.49. The fraction of sp³-hybridized carbons (Fsp3) is 0.903. The second-order valence-electron chi connectivity index (χ2n) is 27.1. The summed E-state index contributed by atoms with van der Waals surface area (Å²) in [5.74, 6) is -2.24. The Bertz CT molecular complexity index is 2110. The first-order valence-electron chi connectivity index (χ1n) is 37.7. The summed E-state index contributed by atoms with van der Waals surface area (Å²) >= 11 is 0. The summed E-state index contributed by atoms with van der Waals surface area (Å²) in [6, 6.07) is 0. The van der Waals surface area contributed by atoms with Crippen molar-refractivity contribution in [1.82, 2.24) is 0 Å². The van der Waals surface area contributed by atoms with Crippen molar-refractivity contribution in [2.45, 2.75) is 388 Å². The van der Waals surface area contributed by atoms with E-state index in [2.05, 4.69) is 20.8 Å². The van der Waals surface area contributed by atoms with Crippen molar-refractivity contribution < 1.29 is 117 Å². The molecule has 1 aliphatic carbocycles. The maximum atomic E-state index is 14.3. The van der Waals surface area contributed by atoms with E-state index >= 15 is 0 Å². The third-order valence-corrected chi connectivity index (χ3v) is 19.6. The van der Waals surface area contributed by atoms with E-state index in [1.165, 1.54) is 154 Å². The van der Waals surface area contributed by atoms with Gasteiger partial charge in [-0.2, -0.15) is 0 Å². The molecule has 2 aliphatic heterocycles. The molecule has 0 spiro atoms. The van der Waals surface area contributed by atoms with Gasteiger partial charge in [-0.15, -0.1) is 0 Å². The molecule has 2 heterocycles. The standard InChI is InChI=1S/C72H131O24P/c1-4-7-10-13-16-19-22-25-27-30-32-34-37-40-43-46-56(74)88-50-53(91-58(76)48-45-42-39-36-33-29-26-23-20-17-14-11-8-5-2)51-90-97(86,87)96-70-68(94-71-66(84)61(79)59(77)54(49-73)92-71)64(82)63(81)65(83)69(70)95-72-67(85)62(80)60(78)55(93-72)52-89-57(75)47-44-41-38-35-31-28-24-21-18-15-12-9-6-3/h37,40,43,46,53-55,59-73,77-85H,4-36,38-39,41-42,44-45,47-52H2,1-3H3,(H,86,87)/b40-37+,46-43+. The smallest absolute Gasteiger partial charge is 0.463 e. The van der Waals surface area contributed by atoms with Crippen molar-refractivity contribution in [3.8, 4) is 0 Å². The Kier molecular flexibility index (Phi) is 49.5. The summed E-state index contributed by atoms with van der Waals surface area (Å²) in [6.45, 7) is 3.33. The van der Waals surface area contributed by atoms with Gasteiger partial charge in [0.15, 0.2) is 18.7 Å². The molecule has 0 aromatic heterocycles. The molecule has 0 bridgehead atoms. The Morgan fingerprint density at radius 2 is 0.794 bits per heavy atom. The number of phosphoric acid groups is 1. The zero-order valence-corrected chi connectivity index (χ0v) is 60.0. The first-order chi connectivity index (χ1) is 46.8. The zero-order valence-electron chi connectivity index (χ0n) is 59.1. The molecule has 1 saturated carbocycles. The summed E-state index contributed by atoms with van der Waals surface area (Å²) in [6.07, 6.45) is 14.6. The third-order valence-electron chi connectivity index (χ3n) is 18.6. The Balaban J connectivity index is 1.76. The molecule has 18 unspecified atom stereocenters. The van der Waals surface area contributed by atoms with E-state index in [1.54, 1.807) is 6.08 Å². The lowest BCUT2D eigenvalue weighted by atomic mass is 9.84. The Morgan fingerprint density at radius 3 is 1.22 bits per heavy atom. The number of aliphatic hydroxyl groups is 10. The number of ether oxygens (including phenoxy) is 7. The van der Waals surface area contributed by atoms with Gasteiger partial charge in [0.05, 0.1) is 13.2 Å². The molecule has 11 N–H and O–H groups in total. The van der Waals surface area contributed by atoms with Crippen LogP contribution in [0.15, 0.2) is 24.3 Å². The normalized spacial score (nSPS) is 27.9. The van der Waals surface area contributed by atoms with Crippen LogP contribution in [0.1, 0.15) is 284 Å². The molecular formula is C72H131O24P. The number of carbonyl (C=O) groups excluding carboxylic acids is 3. The van der Waals surface area contributed by atoms with Gasteiger partial charge >= 0.3 is 25.7 Å². The fourth-order valence-electron chi connectivity index (χ4n) is 12.4. The van der Waals surface area contributed by atoms with Crippen molar-refractivity contribution in [3.63, 3.8) is 0 Å². The molecule has 568 valence electrons. The quantitative estimate of drug-likeness (QED) is 0.00673. The van der Waals surface area contributed by atoms with Crippen LogP contribution in [0.3, 0.4) is 0 Å². The molecule has 3 rings (SSSR count). The first kappa shape index (κ1) is 88.7. The van der Waals surface area contributed by atoms with E-state index in [0.717, 1.165) is 96.0 Å². The van der Waals surface area contributed by atoms with Crippen LogP contribution in [-0.4, -0.2) is 204 Å². The number of carbonyl (C=O) groups is 3. The number of hydrogen-bond acceptors (Lipinski definition) is 23. The monoisotopic (exact) mass is 1410 g/mol. The van der Waals surface area contributed by atoms with Gasteiger partial charge in [-0.05, 0) is 25.7 Å². The second-order valence-corrected chi connectivity index (χ2v) is 28.5. The maximum Gasteiger partial charge on any atom is 0.472 e. The summed E-state index contributed by atoms with van der Waals surface area (Å²) in [7, 11) is -5.71. The molecule has 0 aromatic rings. The number of rotatable bonds is 58. The van der Waals surface area contributed by atoms with E-state index in [1.807, 2.05) is 6.08 Å². The minimum Gasteiger partial charge on any atom is -0.463 e. The van der Waals surface area contributed by atoms with Crippen LogP contribution < -0.4 is 0 Å². The van der Waals surface area contributed by atoms with Crippen molar-refractivity contribution >= 4 is 25.7 Å². The SMILES string of the molecule is CCCCCCCCCCCCC/C=C/C=C/C(=O)OCC(COP(=O)(O)OC1C(OC2OC(CO)C(O)C(O)C2O)C(O)C(O)C(O)C1OC1OC(COC(=O)CCCCCCCCCCCCCCC)C(O)C(O)C1O)OC(=O)CCCCCCCCCCCCCCCC. The molecule has 97 heavy (non-hydrogen) atoms. The molecule has 24 nitrogen and oxygen atoms in total. The van der Waals surface area contributed by atoms with E-state index in [4.69, 9.17) is 42.2 Å². The summed E-state index contributed by atoms with van der Waals surface area (Å²) in [5, 5.41) is 110. The highest BCUT2D eigenvalue weighted by Crippen LogP contribution is 2.49. The number of esters is 3. The van der Waals surface area contributed by atoms with Crippen LogP contribution in [0.25, 0.3) is 0 Å². The molecule has 25 heteroatoms. The van der Waals surface area contributed by atoms with E-state index < -0.39 is 156 Å². The minimum atomic E-state index is -5.71. The minimum absolute atomic E-state index is 0.0287. The van der Waals surface area contributed by atoms with Crippen LogP contribution in [0, 0.1) is 0 Å². The highest BCUT2D eigenvalue weighted by molar-refractivity contribution is 7.47. The summed E-state index contributed by atoms with van der Waals surface area (Å²) in [5.41, 5.74) is 0. The van der Waals surface area contributed by atoms with Gasteiger partial charge in [0.1, 0.15) is 98.7 Å². The van der Waals surface area contributed by atoms with E-state index in [0.29, 0.717) is 12.8 Å². The Labute approximate surface area is 579 Å². The average molecular weight is 1410 g/mol. The van der Waals surface area contributed by atoms with E-state index in [9.17, 15) is 74.9 Å². The topological polar surface area (TPSA) is 374 Å². The van der Waals surface area contributed by atoms with Crippen molar-refractivity contribution in [2.75, 3.05) is 26.4 Å². The predicted octanol–water partition coefficient (Wildman–Crippen LogP) is 10.1. The van der Waals surface area contributed by atoms with Crippen LogP contribution in [0.4, 0.5) is 0 Å². The van der Waals surface area contributed by atoms with Crippen molar-refractivity contribution in [3.05, 3.63) is 24.3 Å². The third kappa shape index (κ3) is 37.4. The number of unbranched alkanes of at least 4 members (excludes halogenated alkanes) is 36. The van der Waals surface area contributed by atoms with Gasteiger partial charge < -0.3 is 89.1 Å². The first-order valence-corrected chi connectivity index (χ1v) is 39.2. The van der Waals surface area contributed by atoms with Gasteiger partial charge in [0.2, 0.25) is 0 Å². The molecule has 2 saturated heterocycles. The summed E-state index contributed by atoms with van der Waals surface area (Å²) < 4.78 is 64.8. The number of allylic oxidation sites excluding steroid dienone is 3. The molecule has 0 radical (unpaired) electrons. The molecule has 0 amide bonds. The molecule has 18 atom stereocenters. The van der Waals surface area contributed by atoms with Crippen LogP contribution in [-0.2, 0) is 61.2 Å². The predicted molar refractivity (Wildman–Crippen MR) is 365 cm³/mol. The van der Waals surface area contributed by atoms with Gasteiger partial charge in [0.25, 0.3) is 0 Å². The van der Waals surface area contributed by atoms with Crippen LogP contribution in [0.5, 0.6) is 0 Å². The lowest BCUT2D eigenvalue weighted by Crippen LogP contribution is -2.69. The van der Waals surface area contributed by atoms with Crippen LogP contribution >= 0.6 is 7.82 Å². The molecule has 3 aliphatic rings.